The summed E-state index contributed by atoms with van der Waals surface area (Å²) in [5.74, 6) is -0.399. The van der Waals surface area contributed by atoms with E-state index in [0.29, 0.717) is 6.42 Å². The molecule has 0 aliphatic heterocycles. The molecule has 2 nitrogen and oxygen atoms in total. The fraction of sp³-hybridized carbons (Fsp3) is 0.308. The second kappa shape index (κ2) is 5.78. The maximum absolute atomic E-state index is 13.0. The fourth-order valence-electron chi connectivity index (χ4n) is 1.81. The van der Waals surface area contributed by atoms with Crippen LogP contribution < -0.4 is 5.73 Å². The SMILES string of the molecule is Cc1nc(CC(N)Cc2ccc(F)c(Cl)c2)cs1. The number of thiazole rings is 1. The molecule has 1 unspecified atom stereocenters. The molecular weight excluding hydrogens is 271 g/mol. The molecule has 96 valence electrons. The van der Waals surface area contributed by atoms with Crippen molar-refractivity contribution < 1.29 is 4.39 Å². The Kier molecular flexibility index (Phi) is 4.32. The molecule has 2 aromatic rings. The van der Waals surface area contributed by atoms with Gasteiger partial charge in [0.25, 0.3) is 0 Å². The highest BCUT2D eigenvalue weighted by Crippen LogP contribution is 2.18. The standard InChI is InChI=1S/C13H14ClFN2S/c1-8-17-11(7-18-8)6-10(16)4-9-2-3-13(15)12(14)5-9/h2-3,5,7,10H,4,6,16H2,1H3. The highest BCUT2D eigenvalue weighted by atomic mass is 35.5. The minimum atomic E-state index is -0.399. The molecule has 0 spiro atoms. The first-order valence-electron chi connectivity index (χ1n) is 5.65. The maximum Gasteiger partial charge on any atom is 0.141 e. The Balaban J connectivity index is 1.98. The van der Waals surface area contributed by atoms with Gasteiger partial charge in [-0.3, -0.25) is 0 Å². The van der Waals surface area contributed by atoms with Crippen molar-refractivity contribution in [3.63, 3.8) is 0 Å². The van der Waals surface area contributed by atoms with Crippen LogP contribution in [0.25, 0.3) is 0 Å². The smallest absolute Gasteiger partial charge is 0.141 e. The van der Waals surface area contributed by atoms with E-state index in [-0.39, 0.29) is 11.1 Å². The zero-order valence-electron chi connectivity index (χ0n) is 9.99. The van der Waals surface area contributed by atoms with Gasteiger partial charge in [0, 0.05) is 17.8 Å². The van der Waals surface area contributed by atoms with Crippen molar-refractivity contribution in [3.05, 3.63) is 50.7 Å². The first-order chi connectivity index (χ1) is 8.54. The van der Waals surface area contributed by atoms with Gasteiger partial charge in [0.1, 0.15) is 5.82 Å². The van der Waals surface area contributed by atoms with Crippen LogP contribution in [0.15, 0.2) is 23.6 Å². The number of nitrogens with zero attached hydrogens (tertiary/aromatic N) is 1. The molecule has 0 amide bonds. The summed E-state index contributed by atoms with van der Waals surface area (Å²) in [4.78, 5) is 4.38. The molecule has 0 aliphatic carbocycles. The maximum atomic E-state index is 13.0. The second-order valence-electron chi connectivity index (χ2n) is 4.27. The molecule has 5 heteroatoms. The summed E-state index contributed by atoms with van der Waals surface area (Å²) in [5, 5.41) is 3.21. The number of aryl methyl sites for hydroxylation is 1. The molecule has 2 N–H and O–H groups in total. The predicted molar refractivity (Wildman–Crippen MR) is 73.6 cm³/mol. The van der Waals surface area contributed by atoms with Crippen LogP contribution in [-0.4, -0.2) is 11.0 Å². The van der Waals surface area contributed by atoms with Crippen molar-refractivity contribution in [2.75, 3.05) is 0 Å². The van der Waals surface area contributed by atoms with E-state index in [1.165, 1.54) is 6.07 Å². The van der Waals surface area contributed by atoms with E-state index >= 15 is 0 Å². The van der Waals surface area contributed by atoms with Crippen molar-refractivity contribution in [2.45, 2.75) is 25.8 Å². The monoisotopic (exact) mass is 284 g/mol. The van der Waals surface area contributed by atoms with Gasteiger partial charge in [0.05, 0.1) is 15.7 Å². The quantitative estimate of drug-likeness (QED) is 0.935. The summed E-state index contributed by atoms with van der Waals surface area (Å²) < 4.78 is 13.0. The van der Waals surface area contributed by atoms with Crippen molar-refractivity contribution in [1.29, 1.82) is 0 Å². The minimum Gasteiger partial charge on any atom is -0.327 e. The lowest BCUT2D eigenvalue weighted by Gasteiger charge is -2.10. The summed E-state index contributed by atoms with van der Waals surface area (Å²) in [7, 11) is 0. The van der Waals surface area contributed by atoms with Crippen molar-refractivity contribution in [1.82, 2.24) is 4.98 Å². The summed E-state index contributed by atoms with van der Waals surface area (Å²) in [6.07, 6.45) is 1.38. The molecule has 1 heterocycles. The topological polar surface area (TPSA) is 38.9 Å². The van der Waals surface area contributed by atoms with Crippen molar-refractivity contribution in [2.24, 2.45) is 5.73 Å². The van der Waals surface area contributed by atoms with Gasteiger partial charge < -0.3 is 5.73 Å². The van der Waals surface area contributed by atoms with E-state index in [1.54, 1.807) is 23.5 Å². The van der Waals surface area contributed by atoms with Gasteiger partial charge in [-0.15, -0.1) is 11.3 Å². The van der Waals surface area contributed by atoms with E-state index < -0.39 is 5.82 Å². The number of hydrogen-bond donors (Lipinski definition) is 1. The average molecular weight is 285 g/mol. The lowest BCUT2D eigenvalue weighted by molar-refractivity contribution is 0.623. The van der Waals surface area contributed by atoms with Crippen molar-refractivity contribution in [3.8, 4) is 0 Å². The lowest BCUT2D eigenvalue weighted by atomic mass is 10.0. The van der Waals surface area contributed by atoms with Gasteiger partial charge in [-0.25, -0.2) is 9.37 Å². The number of aromatic nitrogens is 1. The molecule has 18 heavy (non-hydrogen) atoms. The molecule has 0 saturated heterocycles. The van der Waals surface area contributed by atoms with Crippen LogP contribution in [0.1, 0.15) is 16.3 Å². The van der Waals surface area contributed by atoms with E-state index in [4.69, 9.17) is 17.3 Å². The number of hydrogen-bond acceptors (Lipinski definition) is 3. The fourth-order valence-corrected chi connectivity index (χ4v) is 2.64. The average Bonchev–Trinajstić information content (AvgIpc) is 2.69. The van der Waals surface area contributed by atoms with Crippen LogP contribution in [0, 0.1) is 12.7 Å². The third-order valence-electron chi connectivity index (χ3n) is 2.62. The van der Waals surface area contributed by atoms with Gasteiger partial charge in [0.15, 0.2) is 0 Å². The molecule has 1 atom stereocenters. The molecule has 0 radical (unpaired) electrons. The Morgan fingerprint density at radius 3 is 2.83 bits per heavy atom. The first kappa shape index (κ1) is 13.5. The highest BCUT2D eigenvalue weighted by molar-refractivity contribution is 7.09. The molecule has 0 aliphatic rings. The van der Waals surface area contributed by atoms with Crippen LogP contribution in [0.3, 0.4) is 0 Å². The summed E-state index contributed by atoms with van der Waals surface area (Å²) in [5.41, 5.74) is 8.02. The zero-order valence-corrected chi connectivity index (χ0v) is 11.6. The largest absolute Gasteiger partial charge is 0.327 e. The van der Waals surface area contributed by atoms with Gasteiger partial charge in [0.2, 0.25) is 0 Å². The Bertz CT molecular complexity index is 542. The summed E-state index contributed by atoms with van der Waals surface area (Å²) >= 11 is 7.35. The van der Waals surface area contributed by atoms with Gasteiger partial charge in [-0.05, 0) is 31.0 Å². The third-order valence-corrected chi connectivity index (χ3v) is 3.73. The first-order valence-corrected chi connectivity index (χ1v) is 6.91. The molecule has 0 bridgehead atoms. The van der Waals surface area contributed by atoms with E-state index in [0.717, 1.165) is 22.7 Å². The molecule has 1 aromatic heterocycles. The van der Waals surface area contributed by atoms with Gasteiger partial charge >= 0.3 is 0 Å². The summed E-state index contributed by atoms with van der Waals surface area (Å²) in [6.45, 7) is 1.97. The molecular formula is C13H14ClFN2S. The van der Waals surface area contributed by atoms with Crippen LogP contribution in [0.2, 0.25) is 5.02 Å². The number of rotatable bonds is 4. The van der Waals surface area contributed by atoms with Crippen LogP contribution in [0.5, 0.6) is 0 Å². The van der Waals surface area contributed by atoms with Crippen molar-refractivity contribution >= 4 is 22.9 Å². The Morgan fingerprint density at radius 1 is 1.44 bits per heavy atom. The Hall–Kier alpha value is -0.970. The minimum absolute atomic E-state index is 0.0342. The highest BCUT2D eigenvalue weighted by Gasteiger charge is 2.09. The zero-order chi connectivity index (χ0) is 13.1. The van der Waals surface area contributed by atoms with Crippen LogP contribution in [-0.2, 0) is 12.8 Å². The predicted octanol–water partition coefficient (Wildman–Crippen LogP) is 3.36. The third kappa shape index (κ3) is 3.51. The Morgan fingerprint density at radius 2 is 2.22 bits per heavy atom. The van der Waals surface area contributed by atoms with Gasteiger partial charge in [-0.1, -0.05) is 17.7 Å². The van der Waals surface area contributed by atoms with E-state index in [2.05, 4.69) is 4.98 Å². The lowest BCUT2D eigenvalue weighted by Crippen LogP contribution is -2.25. The normalized spacial score (nSPS) is 12.7. The molecule has 0 saturated carbocycles. The van der Waals surface area contributed by atoms with Gasteiger partial charge in [-0.2, -0.15) is 0 Å². The van der Waals surface area contributed by atoms with E-state index in [1.807, 2.05) is 12.3 Å². The number of halogens is 2. The Labute approximate surface area is 115 Å². The molecule has 2 rings (SSSR count). The molecule has 0 fully saturated rings. The second-order valence-corrected chi connectivity index (χ2v) is 5.74. The van der Waals surface area contributed by atoms with Crippen LogP contribution in [0.4, 0.5) is 4.39 Å². The van der Waals surface area contributed by atoms with Crippen LogP contribution >= 0.6 is 22.9 Å². The number of nitrogens with two attached hydrogens (primary N) is 1. The molecule has 1 aromatic carbocycles. The summed E-state index contributed by atoms with van der Waals surface area (Å²) in [6, 6.07) is 4.68. The number of benzene rings is 1. The van der Waals surface area contributed by atoms with E-state index in [9.17, 15) is 4.39 Å².